The maximum Gasteiger partial charge on any atom is 0.221 e. The average Bonchev–Trinajstić information content (AvgIpc) is 2.42. The van der Waals surface area contributed by atoms with Crippen molar-refractivity contribution < 1.29 is 9.53 Å². The zero-order valence-electron chi connectivity index (χ0n) is 10.8. The van der Waals surface area contributed by atoms with Crippen LogP contribution in [0.1, 0.15) is 31.2 Å². The van der Waals surface area contributed by atoms with E-state index in [9.17, 15) is 4.79 Å². The van der Waals surface area contributed by atoms with E-state index >= 15 is 0 Å². The van der Waals surface area contributed by atoms with Gasteiger partial charge in [-0.2, -0.15) is 5.26 Å². The molecule has 1 atom stereocenters. The molecule has 1 aromatic rings. The van der Waals surface area contributed by atoms with Crippen molar-refractivity contribution in [3.8, 4) is 11.8 Å². The molecule has 0 aliphatic rings. The number of hydrogen-bond acceptors (Lipinski definition) is 3. The molecule has 96 valence electrons. The van der Waals surface area contributed by atoms with Crippen LogP contribution in [-0.4, -0.2) is 19.6 Å². The first-order valence-electron chi connectivity index (χ1n) is 5.98. The van der Waals surface area contributed by atoms with Gasteiger partial charge in [0.1, 0.15) is 12.3 Å². The molecule has 0 unspecified atom stereocenters. The van der Waals surface area contributed by atoms with Crippen LogP contribution < -0.4 is 10.1 Å². The van der Waals surface area contributed by atoms with Crippen LogP contribution in [0.4, 0.5) is 0 Å². The second-order valence-corrected chi connectivity index (χ2v) is 4.02. The summed E-state index contributed by atoms with van der Waals surface area (Å²) >= 11 is 0. The molecule has 1 aromatic carbocycles. The van der Waals surface area contributed by atoms with E-state index < -0.39 is 0 Å². The van der Waals surface area contributed by atoms with E-state index in [1.54, 1.807) is 7.11 Å². The van der Waals surface area contributed by atoms with Crippen molar-refractivity contribution in [1.82, 2.24) is 5.32 Å². The number of nitrogens with zero attached hydrogens (tertiary/aromatic N) is 1. The lowest BCUT2D eigenvalue weighted by Crippen LogP contribution is -2.25. The first-order chi connectivity index (χ1) is 8.71. The second kappa shape index (κ2) is 7.33. The third-order valence-corrected chi connectivity index (χ3v) is 2.88. The molecule has 0 fully saturated rings. The molecule has 0 aliphatic carbocycles. The number of hydrogen-bond donors (Lipinski definition) is 1. The number of ether oxygens (including phenoxy) is 1. The van der Waals surface area contributed by atoms with Crippen LogP contribution in [0.2, 0.25) is 0 Å². The van der Waals surface area contributed by atoms with Crippen molar-refractivity contribution in [1.29, 1.82) is 5.26 Å². The van der Waals surface area contributed by atoms with Gasteiger partial charge in [0.2, 0.25) is 5.91 Å². The molecule has 0 spiro atoms. The number of rotatable bonds is 6. The van der Waals surface area contributed by atoms with Crippen molar-refractivity contribution in [2.45, 2.75) is 25.7 Å². The molecule has 0 bridgehead atoms. The third kappa shape index (κ3) is 4.10. The zero-order chi connectivity index (χ0) is 13.4. The van der Waals surface area contributed by atoms with Crippen LogP contribution in [0.5, 0.6) is 5.75 Å². The lowest BCUT2D eigenvalue weighted by atomic mass is 9.93. The maximum atomic E-state index is 11.6. The molecular weight excluding hydrogens is 228 g/mol. The van der Waals surface area contributed by atoms with E-state index in [4.69, 9.17) is 10.00 Å². The van der Waals surface area contributed by atoms with Crippen LogP contribution >= 0.6 is 0 Å². The Labute approximate surface area is 108 Å². The summed E-state index contributed by atoms with van der Waals surface area (Å²) in [6.45, 7) is 2.12. The molecule has 0 radical (unpaired) electrons. The van der Waals surface area contributed by atoms with Crippen LogP contribution in [0.3, 0.4) is 0 Å². The molecule has 0 aliphatic heterocycles. The van der Waals surface area contributed by atoms with Gasteiger partial charge in [0.15, 0.2) is 0 Å². The molecule has 4 heteroatoms. The summed E-state index contributed by atoms with van der Waals surface area (Å²) in [6.07, 6.45) is 1.29. The highest BCUT2D eigenvalue weighted by Gasteiger charge is 2.14. The minimum atomic E-state index is -0.0841. The molecule has 4 nitrogen and oxygen atoms in total. The largest absolute Gasteiger partial charge is 0.497 e. The zero-order valence-corrected chi connectivity index (χ0v) is 10.8. The number of carbonyl (C=O) groups is 1. The molecule has 1 N–H and O–H groups in total. The molecule has 1 rings (SSSR count). The highest BCUT2D eigenvalue weighted by Crippen LogP contribution is 2.25. The Kier molecular flexibility index (Phi) is 5.72. The van der Waals surface area contributed by atoms with Gasteiger partial charge in [-0.3, -0.25) is 4.79 Å². The van der Waals surface area contributed by atoms with Gasteiger partial charge in [-0.25, -0.2) is 0 Å². The standard InChI is InChI=1S/C14H18N2O2/c1-3-11(10-14(17)16-9-8-15)12-4-6-13(18-2)7-5-12/h4-7,11H,3,9-10H2,1-2H3,(H,16,17)/t11-/m0/s1. The van der Waals surface area contributed by atoms with Gasteiger partial charge in [0.25, 0.3) is 0 Å². The predicted molar refractivity (Wildman–Crippen MR) is 69.3 cm³/mol. The Bertz CT molecular complexity index is 420. The number of nitrogens with one attached hydrogen (secondary N) is 1. The van der Waals surface area contributed by atoms with Crippen LogP contribution in [0.25, 0.3) is 0 Å². The number of carbonyl (C=O) groups excluding carboxylic acids is 1. The number of amides is 1. The van der Waals surface area contributed by atoms with Crippen molar-refractivity contribution in [3.05, 3.63) is 29.8 Å². The Morgan fingerprint density at radius 2 is 2.11 bits per heavy atom. The van der Waals surface area contributed by atoms with Crippen molar-refractivity contribution in [3.63, 3.8) is 0 Å². The summed E-state index contributed by atoms with van der Waals surface area (Å²) in [5, 5.41) is 11.0. The monoisotopic (exact) mass is 246 g/mol. The molecule has 18 heavy (non-hydrogen) atoms. The topological polar surface area (TPSA) is 62.1 Å². The van der Waals surface area contributed by atoms with E-state index in [0.29, 0.717) is 6.42 Å². The fraction of sp³-hybridized carbons (Fsp3) is 0.429. The van der Waals surface area contributed by atoms with Crippen molar-refractivity contribution >= 4 is 5.91 Å². The molecule has 0 heterocycles. The highest BCUT2D eigenvalue weighted by molar-refractivity contribution is 5.77. The Morgan fingerprint density at radius 1 is 1.44 bits per heavy atom. The highest BCUT2D eigenvalue weighted by atomic mass is 16.5. The van der Waals surface area contributed by atoms with Crippen molar-refractivity contribution in [2.75, 3.05) is 13.7 Å². The molecule has 0 saturated heterocycles. The molecule has 0 aromatic heterocycles. The summed E-state index contributed by atoms with van der Waals surface area (Å²) in [4.78, 5) is 11.6. The Balaban J connectivity index is 2.64. The van der Waals surface area contributed by atoms with Gasteiger partial charge in [-0.15, -0.1) is 0 Å². The summed E-state index contributed by atoms with van der Waals surface area (Å²) < 4.78 is 5.10. The fourth-order valence-electron chi connectivity index (χ4n) is 1.81. The van der Waals surface area contributed by atoms with E-state index in [2.05, 4.69) is 5.32 Å². The quantitative estimate of drug-likeness (QED) is 0.783. The summed E-state index contributed by atoms with van der Waals surface area (Å²) in [5.74, 6) is 0.899. The second-order valence-electron chi connectivity index (χ2n) is 4.02. The van der Waals surface area contributed by atoms with Crippen molar-refractivity contribution in [2.24, 2.45) is 0 Å². The van der Waals surface area contributed by atoms with E-state index in [1.807, 2.05) is 37.3 Å². The number of methoxy groups -OCH3 is 1. The normalized spacial score (nSPS) is 11.4. The smallest absolute Gasteiger partial charge is 0.221 e. The van der Waals surface area contributed by atoms with Gasteiger partial charge >= 0.3 is 0 Å². The minimum Gasteiger partial charge on any atom is -0.497 e. The molecule has 1 amide bonds. The minimum absolute atomic E-state index is 0.0673. The van der Waals surface area contributed by atoms with E-state index in [1.165, 1.54) is 0 Å². The van der Waals surface area contributed by atoms with E-state index in [-0.39, 0.29) is 18.4 Å². The van der Waals surface area contributed by atoms with Gasteiger partial charge in [0.05, 0.1) is 13.2 Å². The summed E-state index contributed by atoms with van der Waals surface area (Å²) in [7, 11) is 1.63. The molecular formula is C14H18N2O2. The lowest BCUT2D eigenvalue weighted by molar-refractivity contribution is -0.121. The predicted octanol–water partition coefficient (Wildman–Crippen LogP) is 2.22. The van der Waals surface area contributed by atoms with E-state index in [0.717, 1.165) is 17.7 Å². The average molecular weight is 246 g/mol. The van der Waals surface area contributed by atoms with Gasteiger partial charge in [-0.05, 0) is 30.0 Å². The Morgan fingerprint density at radius 3 is 2.61 bits per heavy atom. The maximum absolute atomic E-state index is 11.6. The van der Waals surface area contributed by atoms with Crippen LogP contribution in [0, 0.1) is 11.3 Å². The lowest BCUT2D eigenvalue weighted by Gasteiger charge is -2.15. The van der Waals surface area contributed by atoms with Crippen LogP contribution in [-0.2, 0) is 4.79 Å². The van der Waals surface area contributed by atoms with Crippen LogP contribution in [0.15, 0.2) is 24.3 Å². The first-order valence-corrected chi connectivity index (χ1v) is 5.98. The van der Waals surface area contributed by atoms with Gasteiger partial charge in [-0.1, -0.05) is 19.1 Å². The van der Waals surface area contributed by atoms with Gasteiger partial charge < -0.3 is 10.1 Å². The van der Waals surface area contributed by atoms with Gasteiger partial charge in [0, 0.05) is 6.42 Å². The molecule has 0 saturated carbocycles. The SMILES string of the molecule is CC[C@@H](CC(=O)NCC#N)c1ccc(OC)cc1. The summed E-state index contributed by atoms with van der Waals surface area (Å²) in [6, 6.07) is 9.64. The first kappa shape index (κ1) is 14.0. The number of nitriles is 1. The third-order valence-electron chi connectivity index (χ3n) is 2.88. The number of benzene rings is 1. The fourth-order valence-corrected chi connectivity index (χ4v) is 1.81. The Hall–Kier alpha value is -2.02. The summed E-state index contributed by atoms with van der Waals surface area (Å²) in [5.41, 5.74) is 1.12.